The number of benzene rings is 1. The van der Waals surface area contributed by atoms with Gasteiger partial charge in [0, 0.05) is 29.5 Å². The highest BCUT2D eigenvalue weighted by Crippen LogP contribution is 2.36. The Morgan fingerprint density at radius 2 is 2.13 bits per heavy atom. The second-order valence-electron chi connectivity index (χ2n) is 3.86. The number of rotatable bonds is 1. The van der Waals surface area contributed by atoms with Crippen LogP contribution in [-0.4, -0.2) is 21.5 Å². The lowest BCUT2D eigenvalue weighted by molar-refractivity contribution is 0.608. The van der Waals surface area contributed by atoms with Crippen LogP contribution in [0.5, 0.6) is 0 Å². The van der Waals surface area contributed by atoms with E-state index in [2.05, 4.69) is 11.8 Å². The normalized spacial score (nSPS) is 20.5. The SMILES string of the molecule is CC1Cc2c(cccc2S(=O)(=O)Cl)N1C. The van der Waals surface area contributed by atoms with Gasteiger partial charge in [0.15, 0.2) is 0 Å². The zero-order valence-electron chi connectivity index (χ0n) is 8.57. The molecule has 1 unspecified atom stereocenters. The van der Waals surface area contributed by atoms with Crippen LogP contribution in [0.15, 0.2) is 23.1 Å². The minimum Gasteiger partial charge on any atom is -0.371 e. The van der Waals surface area contributed by atoms with Gasteiger partial charge in [-0.05, 0) is 31.0 Å². The van der Waals surface area contributed by atoms with Crippen molar-refractivity contribution >= 4 is 25.4 Å². The summed E-state index contributed by atoms with van der Waals surface area (Å²) in [5, 5.41) is 0. The Morgan fingerprint density at radius 1 is 1.47 bits per heavy atom. The summed E-state index contributed by atoms with van der Waals surface area (Å²) in [5.74, 6) is 0. The van der Waals surface area contributed by atoms with Gasteiger partial charge in [0.1, 0.15) is 0 Å². The molecule has 0 N–H and O–H groups in total. The van der Waals surface area contributed by atoms with E-state index in [0.29, 0.717) is 6.04 Å². The predicted octanol–water partition coefficient (Wildman–Crippen LogP) is 1.99. The molecule has 82 valence electrons. The molecule has 0 saturated carbocycles. The standard InChI is InChI=1S/C10H12ClNO2S/c1-7-6-8-9(12(7)2)4-3-5-10(8)15(11,13)14/h3-5,7H,6H2,1-2H3. The lowest BCUT2D eigenvalue weighted by Crippen LogP contribution is -2.23. The second kappa shape index (κ2) is 3.39. The summed E-state index contributed by atoms with van der Waals surface area (Å²) in [6, 6.07) is 5.53. The first-order chi connectivity index (χ1) is 6.91. The first-order valence-electron chi connectivity index (χ1n) is 4.70. The van der Waals surface area contributed by atoms with E-state index < -0.39 is 9.05 Å². The summed E-state index contributed by atoms with van der Waals surface area (Å²) in [7, 11) is 3.72. The first kappa shape index (κ1) is 10.8. The molecule has 0 aliphatic carbocycles. The second-order valence-corrected chi connectivity index (χ2v) is 6.39. The zero-order valence-corrected chi connectivity index (χ0v) is 10.1. The van der Waals surface area contributed by atoms with Crippen LogP contribution >= 0.6 is 10.7 Å². The van der Waals surface area contributed by atoms with E-state index >= 15 is 0 Å². The van der Waals surface area contributed by atoms with Crippen molar-refractivity contribution < 1.29 is 8.42 Å². The topological polar surface area (TPSA) is 37.4 Å². The number of anilines is 1. The smallest absolute Gasteiger partial charge is 0.261 e. The van der Waals surface area contributed by atoms with E-state index in [1.54, 1.807) is 12.1 Å². The first-order valence-corrected chi connectivity index (χ1v) is 7.01. The summed E-state index contributed by atoms with van der Waals surface area (Å²) < 4.78 is 22.7. The number of hydrogen-bond donors (Lipinski definition) is 0. The molecule has 1 aromatic rings. The van der Waals surface area contributed by atoms with Crippen LogP contribution in [0.25, 0.3) is 0 Å². The molecule has 1 aliphatic heterocycles. The maximum atomic E-state index is 11.4. The Balaban J connectivity index is 2.65. The number of nitrogens with zero attached hydrogens (tertiary/aromatic N) is 1. The molecule has 1 heterocycles. The Hall–Kier alpha value is -0.740. The Labute approximate surface area is 94.1 Å². The van der Waals surface area contributed by atoms with Crippen molar-refractivity contribution in [2.45, 2.75) is 24.3 Å². The largest absolute Gasteiger partial charge is 0.371 e. The van der Waals surface area contributed by atoms with Crippen LogP contribution in [0.2, 0.25) is 0 Å². The summed E-state index contributed by atoms with van der Waals surface area (Å²) >= 11 is 0. The van der Waals surface area contributed by atoms with Crippen LogP contribution in [0.3, 0.4) is 0 Å². The van der Waals surface area contributed by atoms with Gasteiger partial charge in [-0.2, -0.15) is 0 Å². The molecule has 0 aromatic heterocycles. The molecular weight excluding hydrogens is 234 g/mol. The van der Waals surface area contributed by atoms with Crippen molar-refractivity contribution in [1.29, 1.82) is 0 Å². The van der Waals surface area contributed by atoms with Gasteiger partial charge in [0.25, 0.3) is 9.05 Å². The van der Waals surface area contributed by atoms with Crippen molar-refractivity contribution in [2.24, 2.45) is 0 Å². The van der Waals surface area contributed by atoms with E-state index in [1.807, 2.05) is 13.1 Å². The minimum absolute atomic E-state index is 0.248. The van der Waals surface area contributed by atoms with Gasteiger partial charge in [-0.1, -0.05) is 6.07 Å². The van der Waals surface area contributed by atoms with Crippen molar-refractivity contribution in [2.75, 3.05) is 11.9 Å². The highest BCUT2D eigenvalue weighted by molar-refractivity contribution is 8.13. The van der Waals surface area contributed by atoms with Crippen LogP contribution < -0.4 is 4.90 Å². The fourth-order valence-electron chi connectivity index (χ4n) is 1.99. The summed E-state index contributed by atoms with van der Waals surface area (Å²) in [6.45, 7) is 2.06. The molecular formula is C10H12ClNO2S. The number of hydrogen-bond acceptors (Lipinski definition) is 3. The maximum Gasteiger partial charge on any atom is 0.261 e. The van der Waals surface area contributed by atoms with Crippen molar-refractivity contribution in [1.82, 2.24) is 0 Å². The van der Waals surface area contributed by atoms with Gasteiger partial charge in [0.05, 0.1) is 4.90 Å². The van der Waals surface area contributed by atoms with Gasteiger partial charge in [0.2, 0.25) is 0 Å². The highest BCUT2D eigenvalue weighted by Gasteiger charge is 2.28. The van der Waals surface area contributed by atoms with Crippen LogP contribution in [0, 0.1) is 0 Å². The molecule has 0 fully saturated rings. The molecule has 15 heavy (non-hydrogen) atoms. The lowest BCUT2D eigenvalue weighted by atomic mass is 10.1. The van der Waals surface area contributed by atoms with Gasteiger partial charge in [-0.25, -0.2) is 8.42 Å². The van der Waals surface area contributed by atoms with E-state index in [-0.39, 0.29) is 4.90 Å². The average Bonchev–Trinajstić information content (AvgIpc) is 2.41. The molecule has 1 aromatic carbocycles. The van der Waals surface area contributed by atoms with Gasteiger partial charge < -0.3 is 4.90 Å². The van der Waals surface area contributed by atoms with Crippen LogP contribution in [0.1, 0.15) is 12.5 Å². The highest BCUT2D eigenvalue weighted by atomic mass is 35.7. The quantitative estimate of drug-likeness (QED) is 0.711. The van der Waals surface area contributed by atoms with Crippen molar-refractivity contribution in [3.05, 3.63) is 23.8 Å². The molecule has 1 atom stereocenters. The van der Waals surface area contributed by atoms with Crippen molar-refractivity contribution in [3.63, 3.8) is 0 Å². The van der Waals surface area contributed by atoms with Gasteiger partial charge in [-0.15, -0.1) is 0 Å². The third-order valence-corrected chi connectivity index (χ3v) is 4.32. The van der Waals surface area contributed by atoms with E-state index in [1.165, 1.54) is 0 Å². The predicted molar refractivity (Wildman–Crippen MR) is 61.0 cm³/mol. The lowest BCUT2D eigenvalue weighted by Gasteiger charge is -2.18. The molecule has 0 amide bonds. The average molecular weight is 246 g/mol. The summed E-state index contributed by atoms with van der Waals surface area (Å²) in [6.07, 6.45) is 0.730. The Morgan fingerprint density at radius 3 is 2.73 bits per heavy atom. The summed E-state index contributed by atoms with van der Waals surface area (Å²) in [4.78, 5) is 2.32. The van der Waals surface area contributed by atoms with E-state index in [0.717, 1.165) is 17.7 Å². The minimum atomic E-state index is -3.63. The van der Waals surface area contributed by atoms with E-state index in [9.17, 15) is 8.42 Å². The molecule has 0 spiro atoms. The Kier molecular flexibility index (Phi) is 2.43. The number of fused-ring (bicyclic) bond motifs is 1. The maximum absolute atomic E-state index is 11.4. The third-order valence-electron chi connectivity index (χ3n) is 2.91. The monoisotopic (exact) mass is 245 g/mol. The van der Waals surface area contributed by atoms with Gasteiger partial charge in [-0.3, -0.25) is 0 Å². The van der Waals surface area contributed by atoms with Gasteiger partial charge >= 0.3 is 0 Å². The Bertz CT molecular complexity index is 498. The molecule has 2 rings (SSSR count). The number of halogens is 1. The number of likely N-dealkylation sites (N-methyl/N-ethyl adjacent to an activating group) is 1. The van der Waals surface area contributed by atoms with Crippen molar-refractivity contribution in [3.8, 4) is 0 Å². The molecule has 0 saturated heterocycles. The van der Waals surface area contributed by atoms with E-state index in [4.69, 9.17) is 10.7 Å². The molecule has 3 nitrogen and oxygen atoms in total. The van der Waals surface area contributed by atoms with Crippen LogP contribution in [-0.2, 0) is 15.5 Å². The zero-order chi connectivity index (χ0) is 11.2. The molecule has 5 heteroatoms. The van der Waals surface area contributed by atoms with Crippen LogP contribution in [0.4, 0.5) is 5.69 Å². The third kappa shape index (κ3) is 1.72. The molecule has 0 radical (unpaired) electrons. The fourth-order valence-corrected chi connectivity index (χ4v) is 3.14. The molecule has 0 bridgehead atoms. The fraction of sp³-hybridized carbons (Fsp3) is 0.400. The molecule has 1 aliphatic rings. The summed E-state index contributed by atoms with van der Waals surface area (Å²) in [5.41, 5.74) is 1.80.